The van der Waals surface area contributed by atoms with Crippen LogP contribution in [0.2, 0.25) is 0 Å². The molecule has 3 nitrogen and oxygen atoms in total. The summed E-state index contributed by atoms with van der Waals surface area (Å²) >= 11 is 0. The molecular weight excluding hydrogens is 216 g/mol. The van der Waals surface area contributed by atoms with Gasteiger partial charge in [-0.15, -0.1) is 0 Å². The van der Waals surface area contributed by atoms with Crippen LogP contribution in [0.5, 0.6) is 5.75 Å². The molecule has 0 aromatic heterocycles. The Morgan fingerprint density at radius 3 is 2.65 bits per heavy atom. The molecule has 1 N–H and O–H groups in total. The van der Waals surface area contributed by atoms with Gasteiger partial charge in [-0.05, 0) is 12.3 Å². The van der Waals surface area contributed by atoms with E-state index in [1.54, 1.807) is 14.0 Å². The van der Waals surface area contributed by atoms with Crippen molar-refractivity contribution in [2.45, 2.75) is 13.0 Å². The number of hydrogen-bond acceptors (Lipinski definition) is 3. The maximum Gasteiger partial charge on any atom is 0.188 e. The van der Waals surface area contributed by atoms with E-state index >= 15 is 0 Å². The third kappa shape index (κ3) is 2.40. The summed E-state index contributed by atoms with van der Waals surface area (Å²) in [6.45, 7) is 1.90. The Hall–Kier alpha value is -1.58. The number of ether oxygens (including phenoxy) is 2. The standard InChI is InChI=1S/C14H16O3/c1-10(15)12-8-7-11-5-3-4-6-13(11)14(12)17-9-16-2/h3-8,10,15H,9H2,1-2H3/t10-/m1/s1. The first-order chi connectivity index (χ1) is 8.24. The third-order valence-electron chi connectivity index (χ3n) is 2.68. The molecule has 0 unspecified atom stereocenters. The lowest BCUT2D eigenvalue weighted by molar-refractivity contribution is 0.0496. The van der Waals surface area contributed by atoms with Gasteiger partial charge in [0.1, 0.15) is 5.75 Å². The van der Waals surface area contributed by atoms with Gasteiger partial charge >= 0.3 is 0 Å². The van der Waals surface area contributed by atoms with E-state index in [-0.39, 0.29) is 6.79 Å². The van der Waals surface area contributed by atoms with Gasteiger partial charge in [0, 0.05) is 18.1 Å². The number of rotatable bonds is 4. The Kier molecular flexibility index (Phi) is 3.61. The molecule has 0 spiro atoms. The number of aliphatic hydroxyl groups excluding tert-OH is 1. The Labute approximate surface area is 101 Å². The normalized spacial score (nSPS) is 12.6. The minimum absolute atomic E-state index is 0.174. The first-order valence-electron chi connectivity index (χ1n) is 5.55. The van der Waals surface area contributed by atoms with Crippen molar-refractivity contribution in [3.63, 3.8) is 0 Å². The minimum atomic E-state index is -0.563. The van der Waals surface area contributed by atoms with E-state index in [0.29, 0.717) is 5.75 Å². The first kappa shape index (κ1) is 11.9. The molecule has 0 saturated carbocycles. The van der Waals surface area contributed by atoms with Crippen LogP contribution in [-0.4, -0.2) is 19.0 Å². The van der Waals surface area contributed by atoms with E-state index in [4.69, 9.17) is 9.47 Å². The summed E-state index contributed by atoms with van der Waals surface area (Å²) in [5, 5.41) is 11.8. The molecule has 0 radical (unpaired) electrons. The molecule has 2 rings (SSSR count). The average Bonchev–Trinajstić information content (AvgIpc) is 2.35. The molecule has 0 aliphatic heterocycles. The summed E-state index contributed by atoms with van der Waals surface area (Å²) in [4.78, 5) is 0. The van der Waals surface area contributed by atoms with Gasteiger partial charge in [0.05, 0.1) is 6.10 Å². The van der Waals surface area contributed by atoms with Gasteiger partial charge in [0.2, 0.25) is 0 Å². The third-order valence-corrected chi connectivity index (χ3v) is 2.68. The average molecular weight is 232 g/mol. The SMILES string of the molecule is COCOc1c([C@@H](C)O)ccc2ccccc12. The second kappa shape index (κ2) is 5.17. The summed E-state index contributed by atoms with van der Waals surface area (Å²) in [6, 6.07) is 11.8. The predicted octanol–water partition coefficient (Wildman–Crippen LogP) is 2.88. The van der Waals surface area contributed by atoms with Gasteiger partial charge in [-0.2, -0.15) is 0 Å². The van der Waals surface area contributed by atoms with E-state index in [1.165, 1.54) is 0 Å². The molecule has 2 aromatic carbocycles. The van der Waals surface area contributed by atoms with E-state index < -0.39 is 6.10 Å². The Bertz CT molecular complexity index is 506. The fourth-order valence-electron chi connectivity index (χ4n) is 1.87. The van der Waals surface area contributed by atoms with Crippen molar-refractivity contribution in [1.29, 1.82) is 0 Å². The van der Waals surface area contributed by atoms with Crippen LogP contribution >= 0.6 is 0 Å². The molecule has 17 heavy (non-hydrogen) atoms. The van der Waals surface area contributed by atoms with Crippen molar-refractivity contribution < 1.29 is 14.6 Å². The summed E-state index contributed by atoms with van der Waals surface area (Å²) in [7, 11) is 1.58. The summed E-state index contributed by atoms with van der Waals surface area (Å²) in [6.07, 6.45) is -0.563. The van der Waals surface area contributed by atoms with Crippen molar-refractivity contribution in [3.05, 3.63) is 42.0 Å². The molecule has 3 heteroatoms. The lowest BCUT2D eigenvalue weighted by Crippen LogP contribution is -2.04. The van der Waals surface area contributed by atoms with Crippen LogP contribution in [0.3, 0.4) is 0 Å². The number of fused-ring (bicyclic) bond motifs is 1. The van der Waals surface area contributed by atoms with Gasteiger partial charge in [-0.25, -0.2) is 0 Å². The molecule has 90 valence electrons. The van der Waals surface area contributed by atoms with Crippen molar-refractivity contribution in [2.75, 3.05) is 13.9 Å². The molecule has 0 saturated heterocycles. The second-order valence-corrected chi connectivity index (χ2v) is 3.93. The molecule has 2 aromatic rings. The van der Waals surface area contributed by atoms with Gasteiger partial charge in [-0.1, -0.05) is 36.4 Å². The molecule has 1 atom stereocenters. The Balaban J connectivity index is 2.57. The smallest absolute Gasteiger partial charge is 0.188 e. The lowest BCUT2D eigenvalue weighted by atomic mass is 10.0. The van der Waals surface area contributed by atoms with E-state index in [9.17, 15) is 5.11 Å². The molecule has 0 heterocycles. The zero-order chi connectivity index (χ0) is 12.3. The van der Waals surface area contributed by atoms with Crippen LogP contribution in [0.25, 0.3) is 10.8 Å². The van der Waals surface area contributed by atoms with Crippen molar-refractivity contribution in [1.82, 2.24) is 0 Å². The highest BCUT2D eigenvalue weighted by Crippen LogP contribution is 2.33. The fourth-order valence-corrected chi connectivity index (χ4v) is 1.87. The topological polar surface area (TPSA) is 38.7 Å². The van der Waals surface area contributed by atoms with Gasteiger partial charge in [-0.3, -0.25) is 0 Å². The molecule has 0 aliphatic rings. The maximum atomic E-state index is 9.74. The first-order valence-corrected chi connectivity index (χ1v) is 5.55. The van der Waals surface area contributed by atoms with E-state index in [0.717, 1.165) is 16.3 Å². The second-order valence-electron chi connectivity index (χ2n) is 3.93. The quantitative estimate of drug-likeness (QED) is 0.824. The number of benzene rings is 2. The fraction of sp³-hybridized carbons (Fsp3) is 0.286. The maximum absolute atomic E-state index is 9.74. The highest BCUT2D eigenvalue weighted by molar-refractivity contribution is 5.89. The molecule has 0 fully saturated rings. The number of aliphatic hydroxyl groups is 1. The Morgan fingerprint density at radius 2 is 1.94 bits per heavy atom. The van der Waals surface area contributed by atoms with E-state index in [2.05, 4.69) is 0 Å². The minimum Gasteiger partial charge on any atom is -0.467 e. The van der Waals surface area contributed by atoms with Crippen LogP contribution in [0.15, 0.2) is 36.4 Å². The van der Waals surface area contributed by atoms with Gasteiger partial charge in [0.25, 0.3) is 0 Å². The van der Waals surface area contributed by atoms with Crippen LogP contribution < -0.4 is 4.74 Å². The monoisotopic (exact) mass is 232 g/mol. The van der Waals surface area contributed by atoms with E-state index in [1.807, 2.05) is 36.4 Å². The van der Waals surface area contributed by atoms with Crippen LogP contribution in [0.1, 0.15) is 18.6 Å². The predicted molar refractivity (Wildman–Crippen MR) is 67.1 cm³/mol. The van der Waals surface area contributed by atoms with Crippen molar-refractivity contribution in [3.8, 4) is 5.75 Å². The molecule has 0 bridgehead atoms. The van der Waals surface area contributed by atoms with Crippen LogP contribution in [0.4, 0.5) is 0 Å². The summed E-state index contributed by atoms with van der Waals surface area (Å²) in [5.74, 6) is 0.694. The summed E-state index contributed by atoms with van der Waals surface area (Å²) in [5.41, 5.74) is 0.778. The molecule has 0 amide bonds. The summed E-state index contributed by atoms with van der Waals surface area (Å²) < 4.78 is 10.5. The van der Waals surface area contributed by atoms with Crippen LogP contribution in [0, 0.1) is 0 Å². The lowest BCUT2D eigenvalue weighted by Gasteiger charge is -2.15. The highest BCUT2D eigenvalue weighted by Gasteiger charge is 2.12. The largest absolute Gasteiger partial charge is 0.467 e. The highest BCUT2D eigenvalue weighted by atomic mass is 16.7. The number of hydrogen-bond donors (Lipinski definition) is 1. The van der Waals surface area contributed by atoms with Gasteiger partial charge < -0.3 is 14.6 Å². The van der Waals surface area contributed by atoms with Gasteiger partial charge in [0.15, 0.2) is 6.79 Å². The zero-order valence-electron chi connectivity index (χ0n) is 10.0. The van der Waals surface area contributed by atoms with Crippen LogP contribution in [-0.2, 0) is 4.74 Å². The molecule has 0 aliphatic carbocycles. The van der Waals surface area contributed by atoms with Crippen molar-refractivity contribution >= 4 is 10.8 Å². The zero-order valence-corrected chi connectivity index (χ0v) is 10.0. The number of methoxy groups -OCH3 is 1. The molecular formula is C14H16O3. The Morgan fingerprint density at radius 1 is 1.18 bits per heavy atom. The van der Waals surface area contributed by atoms with Crippen molar-refractivity contribution in [2.24, 2.45) is 0 Å².